The van der Waals surface area contributed by atoms with Gasteiger partial charge in [-0.25, -0.2) is 9.18 Å². The minimum absolute atomic E-state index is 0.0247. The van der Waals surface area contributed by atoms with Crippen molar-refractivity contribution in [3.8, 4) is 0 Å². The van der Waals surface area contributed by atoms with E-state index >= 15 is 0 Å². The number of carbonyl (C=O) groups excluding carboxylic acids is 1. The highest BCUT2D eigenvalue weighted by Gasteiger charge is 2.40. The van der Waals surface area contributed by atoms with Crippen LogP contribution < -0.4 is 15.1 Å². The maximum atomic E-state index is 14.6. The number of piperidine rings is 1. The fourth-order valence-corrected chi connectivity index (χ4v) is 6.18. The van der Waals surface area contributed by atoms with Crippen LogP contribution in [0.25, 0.3) is 0 Å². The molecule has 3 heterocycles. The molecule has 0 radical (unpaired) electrons. The van der Waals surface area contributed by atoms with Crippen molar-refractivity contribution < 1.29 is 22.4 Å². The van der Waals surface area contributed by atoms with Gasteiger partial charge in [0.15, 0.2) is 5.82 Å². The number of fused-ring (bicyclic) bond motifs is 1. The van der Waals surface area contributed by atoms with Crippen LogP contribution in [0.15, 0.2) is 48.7 Å². The molecule has 0 bridgehead atoms. The summed E-state index contributed by atoms with van der Waals surface area (Å²) in [5.74, 6) is 0.899. The number of halogens is 4. The van der Waals surface area contributed by atoms with E-state index in [1.54, 1.807) is 21.7 Å². The van der Waals surface area contributed by atoms with Gasteiger partial charge in [0, 0.05) is 37.4 Å². The van der Waals surface area contributed by atoms with Crippen LogP contribution in [0, 0.1) is 18.7 Å². The van der Waals surface area contributed by atoms with Crippen molar-refractivity contribution in [3.63, 3.8) is 0 Å². The summed E-state index contributed by atoms with van der Waals surface area (Å²) in [7, 11) is 0. The normalized spacial score (nSPS) is 18.1. The molecule has 1 saturated carbocycles. The number of benzene rings is 2. The Morgan fingerprint density at radius 3 is 2.50 bits per heavy atom. The van der Waals surface area contributed by atoms with Crippen molar-refractivity contribution in [3.05, 3.63) is 76.7 Å². The molecule has 7 nitrogen and oxygen atoms in total. The van der Waals surface area contributed by atoms with Gasteiger partial charge in [-0.3, -0.25) is 9.58 Å². The predicted molar refractivity (Wildman–Crippen MR) is 153 cm³/mol. The Bertz CT molecular complexity index is 1410. The van der Waals surface area contributed by atoms with E-state index in [-0.39, 0.29) is 30.0 Å². The minimum Gasteiger partial charge on any atom is -0.369 e. The fourth-order valence-electron chi connectivity index (χ4n) is 6.18. The molecule has 0 atom stereocenters. The zero-order valence-electron chi connectivity index (χ0n) is 23.7. The monoisotopic (exact) mass is 584 g/mol. The van der Waals surface area contributed by atoms with Crippen LogP contribution in [0.1, 0.15) is 47.9 Å². The molecule has 0 unspecified atom stereocenters. The average Bonchev–Trinajstić information content (AvgIpc) is 3.70. The van der Waals surface area contributed by atoms with Crippen LogP contribution in [0.3, 0.4) is 0 Å². The number of rotatable bonds is 9. The Labute approximate surface area is 243 Å². The second kappa shape index (κ2) is 11.6. The van der Waals surface area contributed by atoms with Crippen LogP contribution in [0.4, 0.5) is 33.9 Å². The highest BCUT2D eigenvalue weighted by Crippen LogP contribution is 2.37. The van der Waals surface area contributed by atoms with Crippen molar-refractivity contribution in [1.29, 1.82) is 0 Å². The van der Waals surface area contributed by atoms with Crippen molar-refractivity contribution in [2.45, 2.75) is 64.5 Å². The van der Waals surface area contributed by atoms with E-state index in [0.717, 1.165) is 36.2 Å². The van der Waals surface area contributed by atoms with Crippen molar-refractivity contribution in [1.82, 2.24) is 20.0 Å². The summed E-state index contributed by atoms with van der Waals surface area (Å²) in [5.41, 5.74) is 1.53. The van der Waals surface area contributed by atoms with E-state index in [1.807, 2.05) is 24.1 Å². The number of para-hydroxylation sites is 1. The maximum absolute atomic E-state index is 14.6. The first-order valence-corrected chi connectivity index (χ1v) is 14.7. The molecule has 2 aliphatic heterocycles. The Balaban J connectivity index is 1.23. The summed E-state index contributed by atoms with van der Waals surface area (Å²) in [6.07, 6.45) is 1.14. The number of hydrogen-bond acceptors (Lipinski definition) is 4. The first kappa shape index (κ1) is 28.5. The molecule has 11 heteroatoms. The predicted octanol–water partition coefficient (Wildman–Crippen LogP) is 5.96. The molecule has 6 rings (SSSR count). The molecule has 1 saturated heterocycles. The molecular formula is C31H36F4N6O. The molecule has 1 N–H and O–H groups in total. The van der Waals surface area contributed by atoms with Gasteiger partial charge in [0.1, 0.15) is 5.82 Å². The largest absolute Gasteiger partial charge is 0.416 e. The first-order chi connectivity index (χ1) is 20.2. The number of hydrogen-bond donors (Lipinski definition) is 1. The minimum atomic E-state index is -4.54. The van der Waals surface area contributed by atoms with E-state index in [9.17, 15) is 22.4 Å². The quantitative estimate of drug-likeness (QED) is 0.249. The number of urea groups is 1. The van der Waals surface area contributed by atoms with E-state index < -0.39 is 11.7 Å². The Morgan fingerprint density at radius 1 is 1.02 bits per heavy atom. The van der Waals surface area contributed by atoms with Crippen LogP contribution in [0.5, 0.6) is 0 Å². The van der Waals surface area contributed by atoms with Gasteiger partial charge in [-0.05, 0) is 68.3 Å². The number of nitrogens with zero attached hydrogens (tertiary/aromatic N) is 5. The van der Waals surface area contributed by atoms with Gasteiger partial charge in [-0.1, -0.05) is 30.3 Å². The van der Waals surface area contributed by atoms with E-state index in [4.69, 9.17) is 0 Å². The highest BCUT2D eigenvalue weighted by molar-refractivity contribution is 5.94. The molecule has 1 aromatic heterocycles. The van der Waals surface area contributed by atoms with Crippen molar-refractivity contribution in [2.75, 3.05) is 36.0 Å². The van der Waals surface area contributed by atoms with Gasteiger partial charge in [0.2, 0.25) is 0 Å². The molecule has 42 heavy (non-hydrogen) atoms. The lowest BCUT2D eigenvalue weighted by Crippen LogP contribution is -2.54. The third-order valence-electron chi connectivity index (χ3n) is 8.60. The molecule has 2 amide bonds. The maximum Gasteiger partial charge on any atom is 0.416 e. The number of aryl methyl sites for hydroxylation is 1. The summed E-state index contributed by atoms with van der Waals surface area (Å²) in [4.78, 5) is 19.2. The summed E-state index contributed by atoms with van der Waals surface area (Å²) in [6, 6.07) is 9.94. The summed E-state index contributed by atoms with van der Waals surface area (Å²) in [5, 5.41) is 8.12. The van der Waals surface area contributed by atoms with Crippen LogP contribution in [0.2, 0.25) is 0 Å². The van der Waals surface area contributed by atoms with E-state index in [0.29, 0.717) is 50.5 Å². The fraction of sp³-hybridized carbons (Fsp3) is 0.484. The molecule has 224 valence electrons. The van der Waals surface area contributed by atoms with Gasteiger partial charge in [-0.2, -0.15) is 18.3 Å². The topological polar surface area (TPSA) is 56.6 Å². The van der Waals surface area contributed by atoms with Crippen molar-refractivity contribution in [2.24, 2.45) is 5.92 Å². The first-order valence-electron chi connectivity index (χ1n) is 14.7. The highest BCUT2D eigenvalue weighted by atomic mass is 19.4. The molecule has 3 aromatic rings. The van der Waals surface area contributed by atoms with Crippen molar-refractivity contribution >= 4 is 17.5 Å². The lowest BCUT2D eigenvalue weighted by Gasteiger charge is -2.43. The molecular weight excluding hydrogens is 548 g/mol. The second-order valence-electron chi connectivity index (χ2n) is 11.7. The van der Waals surface area contributed by atoms with Crippen LogP contribution in [-0.2, 0) is 25.8 Å². The summed E-state index contributed by atoms with van der Waals surface area (Å²) < 4.78 is 58.0. The number of carbonyl (C=O) groups is 1. The van der Waals surface area contributed by atoms with E-state index in [2.05, 4.69) is 10.4 Å². The third-order valence-corrected chi connectivity index (χ3v) is 8.60. The molecule has 2 fully saturated rings. The molecule has 3 aliphatic rings. The molecule has 1 aliphatic carbocycles. The van der Waals surface area contributed by atoms with Crippen LogP contribution >= 0.6 is 0 Å². The van der Waals surface area contributed by atoms with Gasteiger partial charge in [-0.15, -0.1) is 0 Å². The third kappa shape index (κ3) is 5.97. The van der Waals surface area contributed by atoms with Crippen LogP contribution in [-0.4, -0.2) is 52.9 Å². The Morgan fingerprint density at radius 2 is 1.79 bits per heavy atom. The number of amides is 2. The smallest absolute Gasteiger partial charge is 0.369 e. The van der Waals surface area contributed by atoms with Gasteiger partial charge in [0.25, 0.3) is 0 Å². The lowest BCUT2D eigenvalue weighted by molar-refractivity contribution is -0.138. The average molecular weight is 585 g/mol. The van der Waals surface area contributed by atoms with E-state index in [1.165, 1.54) is 35.9 Å². The number of aromatic nitrogens is 2. The molecule has 0 spiro atoms. The SMILES string of the molecule is Cc1cccc(F)c1N1CCC(N2Cc3cn(CCNCC4CC4)nc3N(Cc3ccccc3C(F)(F)F)C2=O)CC1. The lowest BCUT2D eigenvalue weighted by atomic mass is 10.00. The van der Waals surface area contributed by atoms with Gasteiger partial charge < -0.3 is 15.1 Å². The number of nitrogens with one attached hydrogen (secondary N) is 1. The number of alkyl halides is 3. The van der Waals surface area contributed by atoms with Gasteiger partial charge >= 0.3 is 12.2 Å². The second-order valence-corrected chi connectivity index (χ2v) is 11.7. The standard InChI is InChI=1S/C31H36F4N6O/c1-21-5-4-8-27(32)28(21)38-14-11-25(12-15-38)40-20-24-18-39(16-13-36-17-22-9-10-22)37-29(24)41(30(40)42)19-23-6-2-3-7-26(23)31(33,34)35/h2-8,18,22,25,36H,9-17,19-20H2,1H3. The molecule has 2 aromatic carbocycles. The number of anilines is 2. The summed E-state index contributed by atoms with van der Waals surface area (Å²) >= 11 is 0. The Kier molecular flexibility index (Phi) is 7.87. The zero-order chi connectivity index (χ0) is 29.4. The summed E-state index contributed by atoms with van der Waals surface area (Å²) in [6.45, 7) is 5.43. The Hall–Kier alpha value is -3.60. The zero-order valence-corrected chi connectivity index (χ0v) is 23.7. The van der Waals surface area contributed by atoms with Gasteiger partial charge in [0.05, 0.1) is 30.9 Å².